The Bertz CT molecular complexity index is 456. The van der Waals surface area contributed by atoms with E-state index in [1.807, 2.05) is 25.3 Å². The predicted octanol–water partition coefficient (Wildman–Crippen LogP) is 4.87. The van der Waals surface area contributed by atoms with Gasteiger partial charge in [0.05, 0.1) is 6.61 Å². The van der Waals surface area contributed by atoms with Crippen LogP contribution in [0.5, 0.6) is 0 Å². The summed E-state index contributed by atoms with van der Waals surface area (Å²) in [5.41, 5.74) is 2.03. The smallest absolute Gasteiger partial charge is 0.418 e. The molecule has 0 aromatic rings. The van der Waals surface area contributed by atoms with Gasteiger partial charge < -0.3 is 4.74 Å². The van der Waals surface area contributed by atoms with Crippen molar-refractivity contribution in [1.29, 1.82) is 0 Å². The molecule has 0 radical (unpaired) electrons. The van der Waals surface area contributed by atoms with Crippen molar-refractivity contribution >= 4 is 6.09 Å². The summed E-state index contributed by atoms with van der Waals surface area (Å²) in [5.74, 6) is 0. The van der Waals surface area contributed by atoms with Crippen LogP contribution in [-0.2, 0) is 4.74 Å². The predicted molar refractivity (Wildman–Crippen MR) is 83.1 cm³/mol. The SMILES string of the molecule is CCOC(=O)N1C=CC(C(C)(C)C)=CC=C1C(C)(C)C. The number of carbonyl (C=O) groups is 1. The third kappa shape index (κ3) is 3.99. The van der Waals surface area contributed by atoms with Crippen LogP contribution in [-0.4, -0.2) is 17.6 Å². The minimum absolute atomic E-state index is 0.0423. The summed E-state index contributed by atoms with van der Waals surface area (Å²) in [6.07, 6.45) is 7.60. The normalized spacial score (nSPS) is 16.4. The van der Waals surface area contributed by atoms with E-state index in [1.54, 1.807) is 4.90 Å². The number of allylic oxidation sites excluding steroid dienone is 5. The second-order valence-corrected chi connectivity index (χ2v) is 7.06. The van der Waals surface area contributed by atoms with Crippen LogP contribution in [0.3, 0.4) is 0 Å². The summed E-state index contributed by atoms with van der Waals surface area (Å²) in [4.78, 5) is 13.8. The Morgan fingerprint density at radius 2 is 1.70 bits per heavy atom. The number of amides is 1. The molecule has 1 amide bonds. The van der Waals surface area contributed by atoms with Crippen LogP contribution >= 0.6 is 0 Å². The first-order chi connectivity index (χ1) is 9.07. The number of rotatable bonds is 1. The third-order valence-corrected chi connectivity index (χ3v) is 3.18. The van der Waals surface area contributed by atoms with Gasteiger partial charge in [-0.3, -0.25) is 4.90 Å². The monoisotopic (exact) mass is 277 g/mol. The van der Waals surface area contributed by atoms with Crippen molar-refractivity contribution in [1.82, 2.24) is 4.90 Å². The number of carbonyl (C=O) groups excluding carboxylic acids is 1. The lowest BCUT2D eigenvalue weighted by molar-refractivity contribution is 0.125. The van der Waals surface area contributed by atoms with Crippen LogP contribution in [0.25, 0.3) is 0 Å². The molecular weight excluding hydrogens is 250 g/mol. The Kier molecular flexibility index (Phi) is 4.85. The van der Waals surface area contributed by atoms with Crippen LogP contribution in [0, 0.1) is 10.8 Å². The Labute approximate surface area is 123 Å². The number of nitrogens with zero attached hydrogens (tertiary/aromatic N) is 1. The summed E-state index contributed by atoms with van der Waals surface area (Å²) in [6, 6.07) is 0. The zero-order valence-corrected chi connectivity index (χ0v) is 13.8. The molecule has 0 atom stereocenters. The van der Waals surface area contributed by atoms with Crippen molar-refractivity contribution in [2.75, 3.05) is 6.61 Å². The van der Waals surface area contributed by atoms with Crippen molar-refractivity contribution in [3.63, 3.8) is 0 Å². The topological polar surface area (TPSA) is 29.5 Å². The first-order valence-corrected chi connectivity index (χ1v) is 7.14. The molecule has 3 nitrogen and oxygen atoms in total. The first-order valence-electron chi connectivity index (χ1n) is 7.14. The molecule has 1 heterocycles. The Balaban J connectivity index is 3.24. The highest BCUT2D eigenvalue weighted by atomic mass is 16.6. The summed E-state index contributed by atoms with van der Waals surface area (Å²) >= 11 is 0. The molecule has 1 aliphatic heterocycles. The third-order valence-electron chi connectivity index (χ3n) is 3.18. The molecule has 0 aliphatic carbocycles. The van der Waals surface area contributed by atoms with Gasteiger partial charge in [0.1, 0.15) is 0 Å². The summed E-state index contributed by atoms with van der Waals surface area (Å²) in [7, 11) is 0. The van der Waals surface area contributed by atoms with Gasteiger partial charge in [-0.1, -0.05) is 47.6 Å². The second kappa shape index (κ2) is 5.86. The Hall–Kier alpha value is -1.51. The fraction of sp³-hybridized carbons (Fsp3) is 0.588. The van der Waals surface area contributed by atoms with E-state index in [9.17, 15) is 4.79 Å². The highest BCUT2D eigenvalue weighted by Crippen LogP contribution is 2.34. The van der Waals surface area contributed by atoms with E-state index in [1.165, 1.54) is 5.57 Å². The lowest BCUT2D eigenvalue weighted by Crippen LogP contribution is -2.31. The fourth-order valence-corrected chi connectivity index (χ4v) is 2.00. The maximum Gasteiger partial charge on any atom is 0.418 e. The van der Waals surface area contributed by atoms with Gasteiger partial charge in [0.2, 0.25) is 0 Å². The highest BCUT2D eigenvalue weighted by Gasteiger charge is 2.28. The van der Waals surface area contributed by atoms with Crippen molar-refractivity contribution in [3.8, 4) is 0 Å². The Morgan fingerprint density at radius 1 is 1.10 bits per heavy atom. The molecule has 0 bridgehead atoms. The van der Waals surface area contributed by atoms with E-state index >= 15 is 0 Å². The lowest BCUT2D eigenvalue weighted by Gasteiger charge is -2.30. The standard InChI is InChI=1S/C17H27NO2/c1-8-20-15(19)18-12-11-13(16(2,3)4)9-10-14(18)17(5,6)7/h9-12H,8H2,1-7H3. The summed E-state index contributed by atoms with van der Waals surface area (Å²) < 4.78 is 5.15. The molecule has 0 spiro atoms. The van der Waals surface area contributed by atoms with Crippen molar-refractivity contribution in [3.05, 3.63) is 35.7 Å². The molecule has 1 aliphatic rings. The van der Waals surface area contributed by atoms with E-state index in [4.69, 9.17) is 4.74 Å². The first kappa shape index (κ1) is 16.5. The van der Waals surface area contributed by atoms with Crippen molar-refractivity contribution in [2.24, 2.45) is 10.8 Å². The van der Waals surface area contributed by atoms with Gasteiger partial charge in [-0.2, -0.15) is 0 Å². The van der Waals surface area contributed by atoms with Gasteiger partial charge in [-0.05, 0) is 30.1 Å². The van der Waals surface area contributed by atoms with Gasteiger partial charge >= 0.3 is 6.09 Å². The van der Waals surface area contributed by atoms with Gasteiger partial charge in [-0.15, -0.1) is 0 Å². The minimum atomic E-state index is -0.325. The molecule has 0 saturated heterocycles. The molecule has 0 fully saturated rings. The van der Waals surface area contributed by atoms with Crippen LogP contribution < -0.4 is 0 Å². The van der Waals surface area contributed by atoms with Gasteiger partial charge in [-0.25, -0.2) is 4.79 Å². The number of hydrogen-bond donors (Lipinski definition) is 0. The molecule has 3 heteroatoms. The lowest BCUT2D eigenvalue weighted by atomic mass is 9.86. The molecule has 20 heavy (non-hydrogen) atoms. The maximum atomic E-state index is 12.2. The molecule has 0 aromatic heterocycles. The molecule has 0 unspecified atom stereocenters. The number of hydrogen-bond acceptors (Lipinski definition) is 2. The van der Waals surface area contributed by atoms with Gasteiger partial charge in [0.25, 0.3) is 0 Å². The van der Waals surface area contributed by atoms with Gasteiger partial charge in [0, 0.05) is 17.3 Å². The quantitative estimate of drug-likeness (QED) is 0.684. The molecule has 0 saturated carbocycles. The number of ether oxygens (including phenoxy) is 1. The summed E-state index contributed by atoms with van der Waals surface area (Å²) in [6.45, 7) is 15.0. The average molecular weight is 277 g/mol. The van der Waals surface area contributed by atoms with Crippen molar-refractivity contribution in [2.45, 2.75) is 48.5 Å². The van der Waals surface area contributed by atoms with Crippen LogP contribution in [0.1, 0.15) is 48.5 Å². The minimum Gasteiger partial charge on any atom is -0.449 e. The average Bonchev–Trinajstić information content (AvgIpc) is 2.49. The van der Waals surface area contributed by atoms with E-state index < -0.39 is 0 Å². The van der Waals surface area contributed by atoms with Gasteiger partial charge in [0.15, 0.2) is 0 Å². The van der Waals surface area contributed by atoms with Crippen LogP contribution in [0.15, 0.2) is 35.7 Å². The molecule has 1 rings (SSSR count). The zero-order chi connectivity index (χ0) is 15.6. The highest BCUT2D eigenvalue weighted by molar-refractivity contribution is 5.72. The van der Waals surface area contributed by atoms with E-state index in [2.05, 4.69) is 47.6 Å². The molecule has 0 aromatic carbocycles. The van der Waals surface area contributed by atoms with Crippen LogP contribution in [0.4, 0.5) is 4.79 Å². The van der Waals surface area contributed by atoms with Crippen molar-refractivity contribution < 1.29 is 9.53 Å². The largest absolute Gasteiger partial charge is 0.449 e. The molecular formula is C17H27NO2. The molecule has 112 valence electrons. The van der Waals surface area contributed by atoms with E-state index in [-0.39, 0.29) is 16.9 Å². The van der Waals surface area contributed by atoms with Crippen LogP contribution in [0.2, 0.25) is 0 Å². The molecule has 0 N–H and O–H groups in total. The fourth-order valence-electron chi connectivity index (χ4n) is 2.00. The zero-order valence-electron chi connectivity index (χ0n) is 13.8. The Morgan fingerprint density at radius 3 is 2.15 bits per heavy atom. The summed E-state index contributed by atoms with van der Waals surface area (Å²) in [5, 5.41) is 0. The van der Waals surface area contributed by atoms with E-state index in [0.717, 1.165) is 5.70 Å². The maximum absolute atomic E-state index is 12.2. The van der Waals surface area contributed by atoms with E-state index in [0.29, 0.717) is 6.61 Å². The second-order valence-electron chi connectivity index (χ2n) is 7.06.